The van der Waals surface area contributed by atoms with E-state index in [4.69, 9.17) is 21.8 Å². The van der Waals surface area contributed by atoms with E-state index in [1.807, 2.05) is 35.2 Å². The first-order valence-electron chi connectivity index (χ1n) is 13.7. The third-order valence-electron chi connectivity index (χ3n) is 7.96. The van der Waals surface area contributed by atoms with Crippen molar-refractivity contribution in [3.05, 3.63) is 65.8 Å². The predicted octanol–water partition coefficient (Wildman–Crippen LogP) is 6.61. The number of aromatic nitrogens is 2. The Morgan fingerprint density at radius 3 is 2.47 bits per heavy atom. The molecule has 38 heavy (non-hydrogen) atoms. The first kappa shape index (κ1) is 26.3. The minimum atomic E-state index is 0.213. The summed E-state index contributed by atoms with van der Waals surface area (Å²) >= 11 is 6.51. The number of piperidine rings is 1. The van der Waals surface area contributed by atoms with Crippen LogP contribution in [0.4, 0.5) is 5.95 Å². The lowest BCUT2D eigenvalue weighted by molar-refractivity contribution is -0.132. The zero-order chi connectivity index (χ0) is 26.3. The lowest BCUT2D eigenvalue weighted by atomic mass is 9.41. The molecule has 1 aromatic heterocycles. The van der Waals surface area contributed by atoms with Gasteiger partial charge >= 0.3 is 0 Å². The smallest absolute Gasteiger partial charge is 0.267 e. The number of hydrogen-bond acceptors (Lipinski definition) is 5. The molecule has 0 unspecified atom stereocenters. The summed E-state index contributed by atoms with van der Waals surface area (Å²) in [5.41, 5.74) is 3.91. The zero-order valence-corrected chi connectivity index (χ0v) is 22.4. The molecule has 1 N–H and O–H groups in total. The molecule has 194 valence electrons. The predicted molar refractivity (Wildman–Crippen MR) is 154 cm³/mol. The summed E-state index contributed by atoms with van der Waals surface area (Å²) in [4.78, 5) is 24.0. The van der Waals surface area contributed by atoms with Crippen LogP contribution in [0.1, 0.15) is 38.5 Å². The van der Waals surface area contributed by atoms with Crippen LogP contribution in [-0.2, 0) is 4.79 Å². The number of nitrogens with one attached hydrogen (secondary N) is 1. The fourth-order valence-electron chi connectivity index (χ4n) is 5.64. The highest BCUT2D eigenvalue weighted by atomic mass is 35.5. The Morgan fingerprint density at radius 1 is 1.03 bits per heavy atom. The molecule has 0 spiro atoms. The van der Waals surface area contributed by atoms with Crippen molar-refractivity contribution in [1.82, 2.24) is 14.9 Å². The van der Waals surface area contributed by atoms with Gasteiger partial charge in [0.15, 0.2) is 0 Å². The summed E-state index contributed by atoms with van der Waals surface area (Å²) in [6, 6.07) is 18.7. The van der Waals surface area contributed by atoms with Gasteiger partial charge in [-0.3, -0.25) is 4.79 Å². The molecule has 1 amide bonds. The number of anilines is 1. The van der Waals surface area contributed by atoms with E-state index in [0.29, 0.717) is 29.0 Å². The second-order valence-electron chi connectivity index (χ2n) is 10.5. The molecule has 3 aromatic rings. The molecule has 2 aliphatic rings. The molecule has 0 saturated carbocycles. The Hall–Kier alpha value is -3.37. The maximum atomic E-state index is 12.8. The van der Waals surface area contributed by atoms with E-state index in [9.17, 15) is 4.79 Å². The Kier molecular flexibility index (Phi) is 8.60. The zero-order valence-electron chi connectivity index (χ0n) is 21.7. The van der Waals surface area contributed by atoms with Gasteiger partial charge in [-0.15, -0.1) is 0 Å². The lowest BCUT2D eigenvalue weighted by Gasteiger charge is -2.33. The van der Waals surface area contributed by atoms with Gasteiger partial charge in [-0.05, 0) is 42.4 Å². The van der Waals surface area contributed by atoms with Crippen molar-refractivity contribution in [3.63, 3.8) is 0 Å². The average Bonchev–Trinajstić information content (AvgIpc) is 2.98. The van der Waals surface area contributed by atoms with E-state index in [2.05, 4.69) is 40.5 Å². The normalized spacial score (nSPS) is 16.7. The molecule has 3 heterocycles. The number of halogens is 1. The van der Waals surface area contributed by atoms with Gasteiger partial charge in [-0.2, -0.15) is 0 Å². The van der Waals surface area contributed by atoms with Gasteiger partial charge in [0.2, 0.25) is 11.9 Å². The largest absolute Gasteiger partial charge is 0.351 e. The molecule has 5 rings (SSSR count). The van der Waals surface area contributed by atoms with Gasteiger partial charge in [0.25, 0.3) is 6.71 Å². The van der Waals surface area contributed by atoms with Crippen LogP contribution in [0.3, 0.4) is 0 Å². The molecule has 6 nitrogen and oxygen atoms in total. The number of rotatable bonds is 7. The second-order valence-corrected chi connectivity index (χ2v) is 10.9. The molecule has 2 fully saturated rings. The Labute approximate surface area is 230 Å². The molecule has 0 atom stereocenters. The minimum Gasteiger partial charge on any atom is -0.351 e. The van der Waals surface area contributed by atoms with Crippen LogP contribution in [0.25, 0.3) is 22.4 Å². The van der Waals surface area contributed by atoms with Gasteiger partial charge in [0, 0.05) is 37.1 Å². The number of benzene rings is 2. The van der Waals surface area contributed by atoms with Gasteiger partial charge in [-0.1, -0.05) is 85.6 Å². The first-order valence-corrected chi connectivity index (χ1v) is 14.1. The van der Waals surface area contributed by atoms with E-state index >= 15 is 0 Å². The molecule has 0 aliphatic carbocycles. The van der Waals surface area contributed by atoms with Crippen LogP contribution in [0.15, 0.2) is 60.8 Å². The molecule has 2 aromatic carbocycles. The quantitative estimate of drug-likeness (QED) is 0.351. The van der Waals surface area contributed by atoms with E-state index < -0.39 is 0 Å². The van der Waals surface area contributed by atoms with Crippen LogP contribution in [-0.4, -0.2) is 46.6 Å². The summed E-state index contributed by atoms with van der Waals surface area (Å²) < 4.78 is 0. The second kappa shape index (κ2) is 12.5. The van der Waals surface area contributed by atoms with Crippen LogP contribution < -0.4 is 5.32 Å². The number of carbonyl (C=O) groups excluding carboxylic acids is 1. The summed E-state index contributed by atoms with van der Waals surface area (Å²) in [6.45, 7) is 1.71. The number of likely N-dealkylation sites (tertiary alicyclic amines) is 1. The summed E-state index contributed by atoms with van der Waals surface area (Å²) in [5, 5.41) is 13.1. The number of hydrogen-bond donors (Lipinski definition) is 1. The van der Waals surface area contributed by atoms with Gasteiger partial charge in [0.1, 0.15) is 0 Å². The highest BCUT2D eigenvalue weighted by Gasteiger charge is 2.27. The molecule has 2 aliphatic heterocycles. The fraction of sp³-hybridized carbons (Fsp3) is 0.400. The van der Waals surface area contributed by atoms with Gasteiger partial charge < -0.3 is 10.2 Å². The molecule has 2 saturated heterocycles. The van der Waals surface area contributed by atoms with Crippen molar-refractivity contribution in [2.24, 2.45) is 5.92 Å². The van der Waals surface area contributed by atoms with Crippen molar-refractivity contribution in [2.45, 2.75) is 57.2 Å². The average molecular weight is 526 g/mol. The lowest BCUT2D eigenvalue weighted by Crippen LogP contribution is -2.42. The maximum Gasteiger partial charge on any atom is 0.267 e. The van der Waals surface area contributed by atoms with Crippen molar-refractivity contribution in [3.8, 4) is 28.4 Å². The highest BCUT2D eigenvalue weighted by Crippen LogP contribution is 2.31. The van der Waals surface area contributed by atoms with E-state index in [0.717, 1.165) is 74.5 Å². The number of nitriles is 1. The SMILES string of the molecule is N#CB1CCC(CCC(=O)N2CCC(Nc3ncc(Cl)c(-c4cccc(-c5ccccc5)c4)n3)CC2)CC1. The van der Waals surface area contributed by atoms with Crippen LogP contribution in [0, 0.1) is 17.1 Å². The van der Waals surface area contributed by atoms with E-state index in [-0.39, 0.29) is 18.7 Å². The van der Waals surface area contributed by atoms with Crippen LogP contribution >= 0.6 is 11.6 Å². The number of carbonyl (C=O) groups is 1. The fourth-order valence-corrected chi connectivity index (χ4v) is 5.84. The Bertz CT molecular complexity index is 1280. The summed E-state index contributed by atoms with van der Waals surface area (Å²) in [5.74, 6) is 3.80. The molecular weight excluding hydrogens is 493 g/mol. The van der Waals surface area contributed by atoms with Crippen LogP contribution in [0.5, 0.6) is 0 Å². The summed E-state index contributed by atoms with van der Waals surface area (Å²) in [7, 11) is 0. The molecule has 8 heteroatoms. The molecule has 0 bridgehead atoms. The highest BCUT2D eigenvalue weighted by molar-refractivity contribution is 6.67. The van der Waals surface area contributed by atoms with Crippen LogP contribution in [0.2, 0.25) is 17.7 Å². The minimum absolute atomic E-state index is 0.213. The Balaban J connectivity index is 1.15. The third kappa shape index (κ3) is 6.55. The van der Waals surface area contributed by atoms with E-state index in [1.165, 1.54) is 0 Å². The Morgan fingerprint density at radius 2 is 1.74 bits per heavy atom. The topological polar surface area (TPSA) is 81.9 Å². The van der Waals surface area contributed by atoms with Gasteiger partial charge in [0.05, 0.1) is 16.9 Å². The van der Waals surface area contributed by atoms with Crippen molar-refractivity contribution in [1.29, 1.82) is 5.26 Å². The van der Waals surface area contributed by atoms with E-state index in [1.54, 1.807) is 6.20 Å². The van der Waals surface area contributed by atoms with Gasteiger partial charge in [-0.25, -0.2) is 15.2 Å². The monoisotopic (exact) mass is 525 g/mol. The van der Waals surface area contributed by atoms with Crippen molar-refractivity contribution < 1.29 is 4.79 Å². The summed E-state index contributed by atoms with van der Waals surface area (Å²) in [6.07, 6.45) is 9.08. The van der Waals surface area contributed by atoms with Crippen molar-refractivity contribution >= 4 is 30.2 Å². The van der Waals surface area contributed by atoms with Crippen molar-refractivity contribution in [2.75, 3.05) is 18.4 Å². The maximum absolute atomic E-state index is 12.8. The number of amides is 1. The molecular formula is C30H33BClN5O. The third-order valence-corrected chi connectivity index (χ3v) is 8.24. The molecule has 0 radical (unpaired) electrons. The first-order chi connectivity index (χ1) is 18.6. The standard InChI is InChI=1S/C30H33BClN5O/c32-27-20-34-30(36-29(27)25-8-4-7-24(19-25)23-5-2-1-3-6-23)35-26-13-17-37(18-14-26)28(38)10-9-22-11-15-31(21-33)16-12-22/h1-8,19-20,22,26H,9-18H2,(H,34,35,36). The number of nitrogens with zero attached hydrogens (tertiary/aromatic N) is 4.